The van der Waals surface area contributed by atoms with Crippen LogP contribution in [-0.4, -0.2) is 26.5 Å². The van der Waals surface area contributed by atoms with Gasteiger partial charge in [0.2, 0.25) is 4.77 Å². The fraction of sp³-hybridized carbons (Fsp3) is 0.125. The molecule has 0 aliphatic carbocycles. The average molecular weight is 224 g/mol. The van der Waals surface area contributed by atoms with Crippen molar-refractivity contribution in [3.05, 3.63) is 29.0 Å². The molecule has 1 aromatic heterocycles. The van der Waals surface area contributed by atoms with Gasteiger partial charge in [0.25, 0.3) is 0 Å². The lowest BCUT2D eigenvalue weighted by atomic mass is 10.3. The Morgan fingerprint density at radius 1 is 1.43 bits per heavy atom. The van der Waals surface area contributed by atoms with E-state index in [1.54, 1.807) is 16.4 Å². The van der Waals surface area contributed by atoms with Gasteiger partial charge in [-0.25, -0.2) is 4.68 Å². The molecule has 2 rings (SSSR count). The summed E-state index contributed by atoms with van der Waals surface area (Å²) in [5.41, 5.74) is 0.981. The molecule has 2 aromatic rings. The number of aromatic nitrogens is 4. The second-order valence-electron chi connectivity index (χ2n) is 2.59. The molecule has 0 atom stereocenters. The van der Waals surface area contributed by atoms with Crippen molar-refractivity contribution >= 4 is 24.0 Å². The minimum absolute atomic E-state index is 0.437. The molecule has 0 saturated heterocycles. The Labute approximate surface area is 90.3 Å². The maximum Gasteiger partial charge on any atom is 0.242 e. The molecule has 0 aliphatic heterocycles. The highest BCUT2D eigenvalue weighted by Crippen LogP contribution is 2.22. The number of aromatic amines is 1. The van der Waals surface area contributed by atoms with Crippen molar-refractivity contribution in [2.24, 2.45) is 0 Å². The van der Waals surface area contributed by atoms with E-state index in [-0.39, 0.29) is 0 Å². The van der Waals surface area contributed by atoms with Crippen molar-refractivity contribution in [3.63, 3.8) is 0 Å². The summed E-state index contributed by atoms with van der Waals surface area (Å²) in [6, 6.07) is 7.95. The van der Waals surface area contributed by atoms with Crippen molar-refractivity contribution in [1.82, 2.24) is 20.2 Å². The largest absolute Gasteiger partial charge is 0.242 e. The zero-order valence-electron chi connectivity index (χ0n) is 7.47. The predicted octanol–water partition coefficient (Wildman–Crippen LogP) is 2.05. The van der Waals surface area contributed by atoms with Gasteiger partial charge in [0, 0.05) is 4.90 Å². The summed E-state index contributed by atoms with van der Waals surface area (Å²) < 4.78 is 2.12. The summed E-state index contributed by atoms with van der Waals surface area (Å²) in [4.78, 5) is 1.13. The maximum atomic E-state index is 5.02. The number of rotatable bonds is 2. The topological polar surface area (TPSA) is 46.5 Å². The maximum absolute atomic E-state index is 5.02. The Morgan fingerprint density at radius 2 is 2.21 bits per heavy atom. The highest BCUT2D eigenvalue weighted by atomic mass is 32.2. The first kappa shape index (κ1) is 9.42. The predicted molar refractivity (Wildman–Crippen MR) is 58.3 cm³/mol. The number of thioether (sulfide) groups is 1. The molecule has 0 bridgehead atoms. The van der Waals surface area contributed by atoms with Gasteiger partial charge < -0.3 is 0 Å². The van der Waals surface area contributed by atoms with Crippen LogP contribution in [0.25, 0.3) is 5.69 Å². The van der Waals surface area contributed by atoms with Gasteiger partial charge in [-0.1, -0.05) is 22.4 Å². The van der Waals surface area contributed by atoms with E-state index in [9.17, 15) is 0 Å². The van der Waals surface area contributed by atoms with Crippen LogP contribution in [0.4, 0.5) is 0 Å². The summed E-state index contributed by atoms with van der Waals surface area (Å²) in [5.74, 6) is 0. The second kappa shape index (κ2) is 3.93. The Kier molecular flexibility index (Phi) is 2.64. The van der Waals surface area contributed by atoms with E-state index in [4.69, 9.17) is 12.2 Å². The third-order valence-electron chi connectivity index (χ3n) is 1.80. The number of nitrogens with zero attached hydrogens (tertiary/aromatic N) is 3. The first-order chi connectivity index (χ1) is 6.83. The monoisotopic (exact) mass is 224 g/mol. The van der Waals surface area contributed by atoms with E-state index in [0.717, 1.165) is 10.6 Å². The van der Waals surface area contributed by atoms with Gasteiger partial charge in [-0.3, -0.25) is 0 Å². The summed E-state index contributed by atoms with van der Waals surface area (Å²) in [6.45, 7) is 0. The molecule has 0 saturated carbocycles. The summed E-state index contributed by atoms with van der Waals surface area (Å²) in [7, 11) is 0. The Balaban J connectivity index is 2.62. The van der Waals surface area contributed by atoms with E-state index < -0.39 is 0 Å². The molecule has 4 nitrogen and oxygen atoms in total. The molecule has 72 valence electrons. The fourth-order valence-corrected chi connectivity index (χ4v) is 1.93. The van der Waals surface area contributed by atoms with E-state index in [2.05, 4.69) is 15.5 Å². The lowest BCUT2D eigenvalue weighted by molar-refractivity contribution is 0.776. The molecule has 0 spiro atoms. The van der Waals surface area contributed by atoms with Gasteiger partial charge >= 0.3 is 0 Å². The quantitative estimate of drug-likeness (QED) is 0.626. The second-order valence-corrected chi connectivity index (χ2v) is 3.80. The van der Waals surface area contributed by atoms with E-state index >= 15 is 0 Å². The standard InChI is InChI=1S/C8H8N4S2/c1-14-7-5-3-2-4-6(7)12-8(13)9-10-11-12/h2-5H,1H3,(H,9,11,13). The minimum Gasteiger partial charge on any atom is -0.208 e. The Hall–Kier alpha value is -1.14. The number of tetrazole rings is 1. The number of benzene rings is 1. The van der Waals surface area contributed by atoms with Crippen molar-refractivity contribution in [3.8, 4) is 5.69 Å². The molecule has 1 aromatic carbocycles. The summed E-state index contributed by atoms with van der Waals surface area (Å²) in [5, 5.41) is 10.1. The SMILES string of the molecule is CSc1ccccc1-n1[nH]nnc1=S. The lowest BCUT2D eigenvalue weighted by Crippen LogP contribution is -1.98. The van der Waals surface area contributed by atoms with Crippen LogP contribution < -0.4 is 0 Å². The first-order valence-corrected chi connectivity index (χ1v) is 5.59. The molecule has 0 amide bonds. The Bertz CT molecular complexity index is 488. The summed E-state index contributed by atoms with van der Waals surface area (Å²) >= 11 is 6.68. The van der Waals surface area contributed by atoms with Crippen molar-refractivity contribution in [2.45, 2.75) is 4.90 Å². The normalized spacial score (nSPS) is 10.4. The number of nitrogens with one attached hydrogen (secondary N) is 1. The molecular weight excluding hydrogens is 216 g/mol. The number of H-pyrrole nitrogens is 1. The lowest BCUT2D eigenvalue weighted by Gasteiger charge is -2.05. The van der Waals surface area contributed by atoms with Crippen molar-refractivity contribution < 1.29 is 0 Å². The highest BCUT2D eigenvalue weighted by Gasteiger charge is 2.04. The van der Waals surface area contributed by atoms with E-state index in [1.807, 2.05) is 30.5 Å². The van der Waals surface area contributed by atoms with Gasteiger partial charge in [0.05, 0.1) is 5.69 Å². The van der Waals surface area contributed by atoms with Gasteiger partial charge in [0.15, 0.2) is 0 Å². The molecule has 1 heterocycles. The van der Waals surface area contributed by atoms with Crippen LogP contribution in [-0.2, 0) is 0 Å². The first-order valence-electron chi connectivity index (χ1n) is 3.96. The van der Waals surface area contributed by atoms with Gasteiger partial charge in [0.1, 0.15) is 0 Å². The molecule has 0 radical (unpaired) electrons. The number of hydrogen-bond donors (Lipinski definition) is 1. The van der Waals surface area contributed by atoms with Crippen LogP contribution in [0.5, 0.6) is 0 Å². The molecule has 1 N–H and O–H groups in total. The van der Waals surface area contributed by atoms with Gasteiger partial charge in [-0.15, -0.1) is 11.8 Å². The minimum atomic E-state index is 0.437. The van der Waals surface area contributed by atoms with Crippen LogP contribution >= 0.6 is 24.0 Å². The number of hydrogen-bond acceptors (Lipinski definition) is 4. The third-order valence-corrected chi connectivity index (χ3v) is 2.85. The molecular formula is C8H8N4S2. The van der Waals surface area contributed by atoms with Crippen LogP contribution in [0.2, 0.25) is 0 Å². The zero-order valence-corrected chi connectivity index (χ0v) is 9.10. The molecule has 6 heteroatoms. The van der Waals surface area contributed by atoms with Gasteiger partial charge in [-0.05, 0) is 30.6 Å². The van der Waals surface area contributed by atoms with Crippen LogP contribution in [0.15, 0.2) is 29.2 Å². The average Bonchev–Trinajstić information content (AvgIpc) is 2.64. The van der Waals surface area contributed by atoms with Crippen molar-refractivity contribution in [1.29, 1.82) is 0 Å². The molecule has 0 unspecified atom stereocenters. The smallest absolute Gasteiger partial charge is 0.208 e. The highest BCUT2D eigenvalue weighted by molar-refractivity contribution is 7.98. The van der Waals surface area contributed by atoms with Crippen LogP contribution in [0.3, 0.4) is 0 Å². The zero-order chi connectivity index (χ0) is 9.97. The third kappa shape index (κ3) is 1.58. The van der Waals surface area contributed by atoms with E-state index in [0.29, 0.717) is 4.77 Å². The molecule has 0 aliphatic rings. The molecule has 14 heavy (non-hydrogen) atoms. The van der Waals surface area contributed by atoms with Gasteiger partial charge in [-0.2, -0.15) is 5.21 Å². The molecule has 0 fully saturated rings. The fourth-order valence-electron chi connectivity index (χ4n) is 1.17. The van der Waals surface area contributed by atoms with Crippen molar-refractivity contribution in [2.75, 3.05) is 6.26 Å². The Morgan fingerprint density at radius 3 is 2.86 bits per heavy atom. The number of para-hydroxylation sites is 1. The van der Waals surface area contributed by atoms with E-state index in [1.165, 1.54) is 0 Å². The van der Waals surface area contributed by atoms with Crippen LogP contribution in [0.1, 0.15) is 0 Å². The summed E-state index contributed by atoms with van der Waals surface area (Å²) in [6.07, 6.45) is 2.02. The van der Waals surface area contributed by atoms with Crippen LogP contribution in [0, 0.1) is 4.77 Å².